The summed E-state index contributed by atoms with van der Waals surface area (Å²) in [6.07, 6.45) is 1.50. The number of primary amides is 1. The van der Waals surface area contributed by atoms with E-state index < -0.39 is 0 Å². The van der Waals surface area contributed by atoms with Gasteiger partial charge in [0.25, 0.3) is 0 Å². The molecule has 3 N–H and O–H groups in total. The molecule has 0 bridgehead atoms. The van der Waals surface area contributed by atoms with Gasteiger partial charge in [0, 0.05) is 19.0 Å². The molecular formula is C13H16ClN3OS. The number of benzene rings is 1. The van der Waals surface area contributed by atoms with Gasteiger partial charge in [0.05, 0.1) is 10.7 Å². The Morgan fingerprint density at radius 3 is 2.58 bits per heavy atom. The largest absolute Gasteiger partial charge is 0.369 e. The van der Waals surface area contributed by atoms with Crippen LogP contribution in [0.4, 0.5) is 5.69 Å². The predicted molar refractivity (Wildman–Crippen MR) is 81.2 cm³/mol. The Hall–Kier alpha value is -1.33. The zero-order valence-electron chi connectivity index (χ0n) is 10.4. The Kier molecular flexibility index (Phi) is 4.61. The quantitative estimate of drug-likeness (QED) is 0.822. The minimum Gasteiger partial charge on any atom is -0.369 e. The van der Waals surface area contributed by atoms with Crippen LogP contribution in [0, 0.1) is 5.92 Å². The molecule has 1 amide bonds. The van der Waals surface area contributed by atoms with E-state index in [-0.39, 0.29) is 11.8 Å². The molecule has 102 valence electrons. The molecule has 0 aliphatic carbocycles. The Morgan fingerprint density at radius 2 is 2.00 bits per heavy atom. The third kappa shape index (κ3) is 3.58. The highest BCUT2D eigenvalue weighted by Crippen LogP contribution is 2.22. The molecule has 0 spiro atoms. The van der Waals surface area contributed by atoms with E-state index in [2.05, 4.69) is 5.32 Å². The molecule has 0 unspecified atom stereocenters. The maximum Gasteiger partial charge on any atom is 0.220 e. The average molecular weight is 298 g/mol. The van der Waals surface area contributed by atoms with Gasteiger partial charge in [-0.05, 0) is 37.2 Å². The van der Waals surface area contributed by atoms with Crippen LogP contribution in [0.1, 0.15) is 12.8 Å². The van der Waals surface area contributed by atoms with Crippen molar-refractivity contribution in [2.75, 3.05) is 18.4 Å². The fourth-order valence-corrected chi connectivity index (χ4v) is 2.60. The van der Waals surface area contributed by atoms with Gasteiger partial charge in [-0.2, -0.15) is 0 Å². The lowest BCUT2D eigenvalue weighted by Gasteiger charge is -2.32. The molecule has 1 heterocycles. The van der Waals surface area contributed by atoms with Crippen LogP contribution < -0.4 is 11.1 Å². The van der Waals surface area contributed by atoms with Gasteiger partial charge in [-0.25, -0.2) is 0 Å². The SMILES string of the molecule is NC(=O)C1CCN(C(=S)Nc2ccccc2Cl)CC1. The molecule has 1 saturated heterocycles. The van der Waals surface area contributed by atoms with Crippen molar-refractivity contribution < 1.29 is 4.79 Å². The fraction of sp³-hybridized carbons (Fsp3) is 0.385. The fourth-order valence-electron chi connectivity index (χ4n) is 2.12. The third-order valence-electron chi connectivity index (χ3n) is 3.30. The van der Waals surface area contributed by atoms with Crippen LogP contribution in [-0.4, -0.2) is 29.0 Å². The van der Waals surface area contributed by atoms with E-state index in [4.69, 9.17) is 29.6 Å². The molecule has 0 atom stereocenters. The summed E-state index contributed by atoms with van der Waals surface area (Å²) in [5.74, 6) is -0.246. The van der Waals surface area contributed by atoms with Crippen LogP contribution >= 0.6 is 23.8 Å². The first-order chi connectivity index (χ1) is 9.08. The van der Waals surface area contributed by atoms with Crippen LogP contribution in [0.5, 0.6) is 0 Å². The number of hydrogen-bond acceptors (Lipinski definition) is 2. The smallest absolute Gasteiger partial charge is 0.220 e. The monoisotopic (exact) mass is 297 g/mol. The zero-order chi connectivity index (χ0) is 13.8. The van der Waals surface area contributed by atoms with Crippen molar-refractivity contribution in [3.05, 3.63) is 29.3 Å². The van der Waals surface area contributed by atoms with Crippen molar-refractivity contribution in [2.45, 2.75) is 12.8 Å². The number of hydrogen-bond donors (Lipinski definition) is 2. The summed E-state index contributed by atoms with van der Waals surface area (Å²) in [6, 6.07) is 7.46. The van der Waals surface area contributed by atoms with Crippen LogP contribution in [0.3, 0.4) is 0 Å². The molecule has 4 nitrogen and oxygen atoms in total. The summed E-state index contributed by atoms with van der Waals surface area (Å²) in [4.78, 5) is 13.1. The molecule has 1 fully saturated rings. The van der Waals surface area contributed by atoms with Gasteiger partial charge in [0.2, 0.25) is 5.91 Å². The second-order valence-corrected chi connectivity index (χ2v) is 5.37. The number of rotatable bonds is 2. The van der Waals surface area contributed by atoms with Crippen molar-refractivity contribution in [3.63, 3.8) is 0 Å². The number of nitrogens with zero attached hydrogens (tertiary/aromatic N) is 1. The molecule has 1 aliphatic rings. The van der Waals surface area contributed by atoms with Crippen LogP contribution in [0.2, 0.25) is 5.02 Å². The summed E-state index contributed by atoms with van der Waals surface area (Å²) < 4.78 is 0. The zero-order valence-corrected chi connectivity index (χ0v) is 12.0. The lowest BCUT2D eigenvalue weighted by atomic mass is 9.97. The normalized spacial score (nSPS) is 16.2. The standard InChI is InChI=1S/C13H16ClN3OS/c14-10-3-1-2-4-11(10)16-13(19)17-7-5-9(6-8-17)12(15)18/h1-4,9H,5-8H2,(H2,15,18)(H,16,19). The first-order valence-electron chi connectivity index (χ1n) is 6.17. The van der Waals surface area contributed by atoms with E-state index in [1.54, 1.807) is 0 Å². The number of para-hydroxylation sites is 1. The molecule has 6 heteroatoms. The topological polar surface area (TPSA) is 58.4 Å². The number of piperidine rings is 1. The number of amides is 1. The molecule has 19 heavy (non-hydrogen) atoms. The first kappa shape index (κ1) is 14.1. The van der Waals surface area contributed by atoms with Gasteiger partial charge in [-0.15, -0.1) is 0 Å². The van der Waals surface area contributed by atoms with Crippen molar-refractivity contribution in [1.29, 1.82) is 0 Å². The van der Waals surface area contributed by atoms with E-state index >= 15 is 0 Å². The van der Waals surface area contributed by atoms with E-state index in [0.717, 1.165) is 31.6 Å². The molecular weight excluding hydrogens is 282 g/mol. The Bertz CT molecular complexity index is 487. The van der Waals surface area contributed by atoms with Crippen LogP contribution in [-0.2, 0) is 4.79 Å². The van der Waals surface area contributed by atoms with E-state index in [1.165, 1.54) is 0 Å². The lowest BCUT2D eigenvalue weighted by Crippen LogP contribution is -2.43. The number of likely N-dealkylation sites (tertiary alicyclic amines) is 1. The lowest BCUT2D eigenvalue weighted by molar-refractivity contribution is -0.122. The molecule has 2 rings (SSSR count). The second-order valence-electron chi connectivity index (χ2n) is 4.57. The molecule has 0 radical (unpaired) electrons. The Morgan fingerprint density at radius 1 is 1.37 bits per heavy atom. The van der Waals surface area contributed by atoms with Crippen LogP contribution in [0.15, 0.2) is 24.3 Å². The second kappa shape index (κ2) is 6.21. The van der Waals surface area contributed by atoms with Gasteiger partial charge < -0.3 is 16.0 Å². The predicted octanol–water partition coefficient (Wildman–Crippen LogP) is 2.23. The first-order valence-corrected chi connectivity index (χ1v) is 6.96. The van der Waals surface area contributed by atoms with Gasteiger partial charge in [0.1, 0.15) is 0 Å². The van der Waals surface area contributed by atoms with Crippen molar-refractivity contribution in [2.24, 2.45) is 11.7 Å². The number of nitrogens with one attached hydrogen (secondary N) is 1. The maximum absolute atomic E-state index is 11.1. The highest BCUT2D eigenvalue weighted by molar-refractivity contribution is 7.80. The minimum absolute atomic E-state index is 0.0284. The molecule has 1 aliphatic heterocycles. The van der Waals surface area contributed by atoms with Crippen molar-refractivity contribution >= 4 is 40.5 Å². The summed E-state index contributed by atoms with van der Waals surface area (Å²) in [7, 11) is 0. The molecule has 0 saturated carbocycles. The maximum atomic E-state index is 11.1. The Balaban J connectivity index is 1.92. The highest BCUT2D eigenvalue weighted by Gasteiger charge is 2.24. The third-order valence-corrected chi connectivity index (χ3v) is 3.99. The van der Waals surface area contributed by atoms with Crippen molar-refractivity contribution in [3.8, 4) is 0 Å². The highest BCUT2D eigenvalue weighted by atomic mass is 35.5. The van der Waals surface area contributed by atoms with Gasteiger partial charge in [-0.1, -0.05) is 23.7 Å². The van der Waals surface area contributed by atoms with E-state index in [9.17, 15) is 4.79 Å². The number of thiocarbonyl (C=S) groups is 1. The number of anilines is 1. The molecule has 0 aromatic heterocycles. The van der Waals surface area contributed by atoms with Crippen molar-refractivity contribution in [1.82, 2.24) is 4.90 Å². The summed E-state index contributed by atoms with van der Waals surface area (Å²) in [5.41, 5.74) is 6.11. The molecule has 1 aromatic rings. The van der Waals surface area contributed by atoms with Gasteiger partial charge >= 0.3 is 0 Å². The summed E-state index contributed by atoms with van der Waals surface area (Å²) >= 11 is 11.4. The van der Waals surface area contributed by atoms with E-state index in [0.29, 0.717) is 10.1 Å². The minimum atomic E-state index is -0.218. The number of nitrogens with two attached hydrogens (primary N) is 1. The summed E-state index contributed by atoms with van der Waals surface area (Å²) in [6.45, 7) is 1.48. The van der Waals surface area contributed by atoms with Gasteiger partial charge in [-0.3, -0.25) is 4.79 Å². The number of carbonyl (C=O) groups is 1. The number of halogens is 1. The van der Waals surface area contributed by atoms with E-state index in [1.807, 2.05) is 29.2 Å². The van der Waals surface area contributed by atoms with Gasteiger partial charge in [0.15, 0.2) is 5.11 Å². The summed E-state index contributed by atoms with van der Waals surface area (Å²) in [5, 5.41) is 4.40. The van der Waals surface area contributed by atoms with Crippen LogP contribution in [0.25, 0.3) is 0 Å². The average Bonchev–Trinajstić information content (AvgIpc) is 2.41. The number of carbonyl (C=O) groups excluding carboxylic acids is 1. The Labute approximate surface area is 122 Å². The molecule has 1 aromatic carbocycles.